The molecule has 0 bridgehead atoms. The summed E-state index contributed by atoms with van der Waals surface area (Å²) in [4.78, 5) is 21.5. The van der Waals surface area contributed by atoms with Crippen molar-refractivity contribution in [2.75, 3.05) is 19.9 Å². The molecule has 0 aliphatic rings. The Labute approximate surface area is 105 Å². The van der Waals surface area contributed by atoms with Gasteiger partial charge in [-0.1, -0.05) is 6.58 Å². The zero-order valence-corrected chi connectivity index (χ0v) is 9.85. The van der Waals surface area contributed by atoms with Gasteiger partial charge in [-0.25, -0.2) is 14.0 Å². The number of carbonyl (C=O) groups is 2. The second kappa shape index (κ2) is 6.48. The number of hydrogen-bond acceptors (Lipinski definition) is 4. The third-order valence-corrected chi connectivity index (χ3v) is 1.78. The third-order valence-electron chi connectivity index (χ3n) is 1.78. The van der Waals surface area contributed by atoms with Crippen LogP contribution in [0.25, 0.3) is 0 Å². The van der Waals surface area contributed by atoms with Gasteiger partial charge in [-0.15, -0.1) is 0 Å². The van der Waals surface area contributed by atoms with Crippen LogP contribution in [0.4, 0.5) is 22.0 Å². The summed E-state index contributed by atoms with van der Waals surface area (Å²) in [5, 5.41) is 0. The molecule has 0 heterocycles. The Hall–Kier alpha value is -1.67. The molecule has 0 atom stereocenters. The second-order valence-corrected chi connectivity index (χ2v) is 3.46. The van der Waals surface area contributed by atoms with Crippen molar-refractivity contribution < 1.29 is 41.0 Å². The molecule has 4 nitrogen and oxygen atoms in total. The number of halogens is 5. The van der Waals surface area contributed by atoms with Crippen molar-refractivity contribution in [1.29, 1.82) is 0 Å². The molecule has 0 N–H and O–H groups in total. The first kappa shape index (κ1) is 17.3. The lowest BCUT2D eigenvalue weighted by Crippen LogP contribution is -2.49. The van der Waals surface area contributed by atoms with Crippen LogP contribution in [0.1, 0.15) is 6.92 Å². The van der Waals surface area contributed by atoms with Crippen LogP contribution in [0.3, 0.4) is 0 Å². The highest BCUT2D eigenvalue weighted by atomic mass is 19.3. The van der Waals surface area contributed by atoms with Crippen LogP contribution in [-0.4, -0.2) is 43.7 Å². The fourth-order valence-corrected chi connectivity index (χ4v) is 0.716. The van der Waals surface area contributed by atoms with Gasteiger partial charge in [0.1, 0.15) is 13.2 Å². The number of rotatable bonds is 7. The summed E-state index contributed by atoms with van der Waals surface area (Å²) < 4.78 is 70.1. The minimum absolute atomic E-state index is 0.0145. The Morgan fingerprint density at radius 3 is 2.00 bits per heavy atom. The largest absolute Gasteiger partial charge is 0.459 e. The molecule has 0 saturated heterocycles. The van der Waals surface area contributed by atoms with Crippen molar-refractivity contribution in [3.05, 3.63) is 12.2 Å². The van der Waals surface area contributed by atoms with Crippen LogP contribution in [0, 0.1) is 0 Å². The number of ether oxygens (including phenoxy) is 2. The molecule has 110 valence electrons. The van der Waals surface area contributed by atoms with Gasteiger partial charge in [-0.3, -0.25) is 0 Å². The number of esters is 2. The topological polar surface area (TPSA) is 52.6 Å². The summed E-state index contributed by atoms with van der Waals surface area (Å²) in [5.74, 6) is -13.9. The van der Waals surface area contributed by atoms with E-state index < -0.39 is 43.7 Å². The molecule has 0 aromatic carbocycles. The zero-order chi connectivity index (χ0) is 15.3. The van der Waals surface area contributed by atoms with Crippen molar-refractivity contribution in [2.45, 2.75) is 18.8 Å². The first-order valence-corrected chi connectivity index (χ1v) is 4.87. The van der Waals surface area contributed by atoms with E-state index in [0.717, 1.165) is 0 Å². The molecule has 0 aliphatic heterocycles. The molecular formula is C10H11F5O4. The van der Waals surface area contributed by atoms with E-state index in [2.05, 4.69) is 16.1 Å². The SMILES string of the molecule is C=C(C)C(=O)OCCOC(=O)C(F)(F)C(F)(F)CF. The Kier molecular flexibility index (Phi) is 5.91. The highest BCUT2D eigenvalue weighted by molar-refractivity contribution is 5.86. The van der Waals surface area contributed by atoms with Gasteiger partial charge < -0.3 is 9.47 Å². The van der Waals surface area contributed by atoms with Crippen LogP contribution in [0.15, 0.2) is 12.2 Å². The van der Waals surface area contributed by atoms with Crippen LogP contribution >= 0.6 is 0 Å². The van der Waals surface area contributed by atoms with Gasteiger partial charge >= 0.3 is 23.8 Å². The summed E-state index contributed by atoms with van der Waals surface area (Å²) in [6.45, 7) is 0.328. The van der Waals surface area contributed by atoms with E-state index in [1.54, 1.807) is 0 Å². The van der Waals surface area contributed by atoms with E-state index in [-0.39, 0.29) is 5.57 Å². The maximum atomic E-state index is 12.7. The molecule has 0 amide bonds. The van der Waals surface area contributed by atoms with Gasteiger partial charge in [0, 0.05) is 5.57 Å². The van der Waals surface area contributed by atoms with E-state index in [1.165, 1.54) is 6.92 Å². The van der Waals surface area contributed by atoms with E-state index in [4.69, 9.17) is 0 Å². The lowest BCUT2D eigenvalue weighted by Gasteiger charge is -2.21. The first-order valence-electron chi connectivity index (χ1n) is 4.87. The van der Waals surface area contributed by atoms with E-state index in [0.29, 0.717) is 0 Å². The monoisotopic (exact) mass is 290 g/mol. The van der Waals surface area contributed by atoms with Crippen LogP contribution in [0.2, 0.25) is 0 Å². The summed E-state index contributed by atoms with van der Waals surface area (Å²) in [5.41, 5.74) is 0.0145. The summed E-state index contributed by atoms with van der Waals surface area (Å²) >= 11 is 0. The Morgan fingerprint density at radius 1 is 1.11 bits per heavy atom. The molecule has 0 fully saturated rings. The van der Waals surface area contributed by atoms with E-state index in [1.807, 2.05) is 0 Å². The van der Waals surface area contributed by atoms with Gasteiger partial charge in [-0.2, -0.15) is 17.6 Å². The molecule has 0 saturated carbocycles. The van der Waals surface area contributed by atoms with Crippen LogP contribution in [-0.2, 0) is 19.1 Å². The van der Waals surface area contributed by atoms with Crippen molar-refractivity contribution in [3.63, 3.8) is 0 Å². The minimum atomic E-state index is -5.29. The molecule has 0 radical (unpaired) electrons. The molecule has 0 aromatic rings. The van der Waals surface area contributed by atoms with Gasteiger partial charge in [0.25, 0.3) is 0 Å². The predicted octanol–water partition coefficient (Wildman–Crippen LogP) is 1.89. The van der Waals surface area contributed by atoms with Gasteiger partial charge in [0.15, 0.2) is 6.67 Å². The average molecular weight is 290 g/mol. The maximum Gasteiger partial charge on any atom is 0.407 e. The van der Waals surface area contributed by atoms with E-state index in [9.17, 15) is 31.5 Å². The molecule has 0 rings (SSSR count). The predicted molar refractivity (Wildman–Crippen MR) is 52.6 cm³/mol. The van der Waals surface area contributed by atoms with Crippen LogP contribution < -0.4 is 0 Å². The normalized spacial score (nSPS) is 11.9. The number of alkyl halides is 5. The second-order valence-electron chi connectivity index (χ2n) is 3.46. The Morgan fingerprint density at radius 2 is 1.58 bits per heavy atom. The molecule has 0 aromatic heterocycles. The van der Waals surface area contributed by atoms with Crippen molar-refractivity contribution in [2.24, 2.45) is 0 Å². The van der Waals surface area contributed by atoms with Crippen LogP contribution in [0.5, 0.6) is 0 Å². The summed E-state index contributed by atoms with van der Waals surface area (Å²) in [6.07, 6.45) is 0. The molecule has 9 heteroatoms. The van der Waals surface area contributed by atoms with Gasteiger partial charge in [-0.05, 0) is 6.92 Å². The fourth-order valence-electron chi connectivity index (χ4n) is 0.716. The van der Waals surface area contributed by atoms with Gasteiger partial charge in [0.05, 0.1) is 0 Å². The standard InChI is InChI=1S/C10H11F5O4/c1-6(2)7(16)18-3-4-19-8(17)10(14,15)9(12,13)5-11/h1,3-5H2,2H3. The smallest absolute Gasteiger partial charge is 0.407 e. The maximum absolute atomic E-state index is 12.7. The quantitative estimate of drug-likeness (QED) is 0.311. The molecule has 19 heavy (non-hydrogen) atoms. The first-order chi connectivity index (χ1) is 8.56. The lowest BCUT2D eigenvalue weighted by molar-refractivity contribution is -0.232. The van der Waals surface area contributed by atoms with E-state index >= 15 is 0 Å². The Bertz CT molecular complexity index is 367. The zero-order valence-electron chi connectivity index (χ0n) is 9.85. The lowest BCUT2D eigenvalue weighted by atomic mass is 10.2. The van der Waals surface area contributed by atoms with Gasteiger partial charge in [0.2, 0.25) is 0 Å². The number of hydrogen-bond donors (Lipinski definition) is 0. The van der Waals surface area contributed by atoms with Crippen molar-refractivity contribution >= 4 is 11.9 Å². The highest BCUT2D eigenvalue weighted by Crippen LogP contribution is 2.35. The minimum Gasteiger partial charge on any atom is -0.459 e. The fraction of sp³-hybridized carbons (Fsp3) is 0.600. The molecule has 0 aliphatic carbocycles. The highest BCUT2D eigenvalue weighted by Gasteiger charge is 2.63. The summed E-state index contributed by atoms with van der Waals surface area (Å²) in [7, 11) is 0. The molecule has 0 unspecified atom stereocenters. The van der Waals surface area contributed by atoms with Crippen molar-refractivity contribution in [3.8, 4) is 0 Å². The third kappa shape index (κ3) is 4.49. The molecular weight excluding hydrogens is 279 g/mol. The molecule has 0 spiro atoms. The number of carbonyl (C=O) groups excluding carboxylic acids is 2. The average Bonchev–Trinajstić information content (AvgIpc) is 2.33. The summed E-state index contributed by atoms with van der Waals surface area (Å²) in [6, 6.07) is 0. The van der Waals surface area contributed by atoms with Crippen molar-refractivity contribution in [1.82, 2.24) is 0 Å². The Balaban J connectivity index is 4.26.